The van der Waals surface area contributed by atoms with Gasteiger partial charge in [0.25, 0.3) is 5.69 Å². The number of nitrogens with zero attached hydrogens (tertiary/aromatic N) is 1. The monoisotopic (exact) mass is 264 g/mol. The first-order valence-electron chi connectivity index (χ1n) is 6.11. The highest BCUT2D eigenvalue weighted by Crippen LogP contribution is 2.31. The number of hydrogen-bond acceptors (Lipinski definition) is 4. The van der Waals surface area contributed by atoms with Gasteiger partial charge < -0.3 is 16.4 Å². The fourth-order valence-electron chi connectivity index (χ4n) is 1.77. The number of nitrogens with two attached hydrogens (primary N) is 1. The standard InChI is InChI=1S/C12H16N4O3/c13-11(8-4-5-8)7-14-12(17)15-9-2-1-3-10(6-9)16(18)19/h1-3,6,8,11H,4-5,7,13H2,(H2,14,15,17). The van der Waals surface area contributed by atoms with Crippen LogP contribution < -0.4 is 16.4 Å². The van der Waals surface area contributed by atoms with E-state index in [0.29, 0.717) is 18.2 Å². The topological polar surface area (TPSA) is 110 Å². The van der Waals surface area contributed by atoms with Crippen molar-refractivity contribution < 1.29 is 9.72 Å². The maximum absolute atomic E-state index is 11.6. The van der Waals surface area contributed by atoms with Crippen LogP contribution in [0.5, 0.6) is 0 Å². The second-order valence-corrected chi connectivity index (χ2v) is 4.64. The smallest absolute Gasteiger partial charge is 0.319 e. The lowest BCUT2D eigenvalue weighted by molar-refractivity contribution is -0.384. The highest BCUT2D eigenvalue weighted by atomic mass is 16.6. The van der Waals surface area contributed by atoms with Gasteiger partial charge in [-0.2, -0.15) is 0 Å². The molecule has 7 nitrogen and oxygen atoms in total. The van der Waals surface area contributed by atoms with Gasteiger partial charge in [0, 0.05) is 30.4 Å². The molecule has 0 radical (unpaired) electrons. The number of nitro groups is 1. The van der Waals surface area contributed by atoms with Gasteiger partial charge in [-0.15, -0.1) is 0 Å². The Morgan fingerprint density at radius 3 is 2.89 bits per heavy atom. The summed E-state index contributed by atoms with van der Waals surface area (Å²) in [4.78, 5) is 21.7. The molecule has 0 aliphatic heterocycles. The van der Waals surface area contributed by atoms with Crippen molar-refractivity contribution in [3.8, 4) is 0 Å². The number of anilines is 1. The first-order valence-corrected chi connectivity index (χ1v) is 6.11. The first kappa shape index (κ1) is 13.3. The van der Waals surface area contributed by atoms with E-state index >= 15 is 0 Å². The number of amides is 2. The Kier molecular flexibility index (Phi) is 3.96. The molecule has 0 saturated heterocycles. The normalized spacial score (nSPS) is 15.6. The Morgan fingerprint density at radius 1 is 1.53 bits per heavy atom. The molecule has 1 saturated carbocycles. The van der Waals surface area contributed by atoms with Crippen molar-refractivity contribution in [1.29, 1.82) is 0 Å². The van der Waals surface area contributed by atoms with Crippen LogP contribution in [0.15, 0.2) is 24.3 Å². The van der Waals surface area contributed by atoms with Crippen LogP contribution in [0.25, 0.3) is 0 Å². The summed E-state index contributed by atoms with van der Waals surface area (Å²) < 4.78 is 0. The minimum Gasteiger partial charge on any atom is -0.336 e. The van der Waals surface area contributed by atoms with Gasteiger partial charge in [-0.3, -0.25) is 10.1 Å². The van der Waals surface area contributed by atoms with Crippen LogP contribution in [-0.4, -0.2) is 23.5 Å². The van der Waals surface area contributed by atoms with Crippen LogP contribution in [0.4, 0.5) is 16.2 Å². The third-order valence-electron chi connectivity index (χ3n) is 3.04. The highest BCUT2D eigenvalue weighted by molar-refractivity contribution is 5.89. The van der Waals surface area contributed by atoms with Crippen molar-refractivity contribution in [2.45, 2.75) is 18.9 Å². The molecule has 1 unspecified atom stereocenters. The van der Waals surface area contributed by atoms with Crippen molar-refractivity contribution in [2.24, 2.45) is 11.7 Å². The Morgan fingerprint density at radius 2 is 2.26 bits per heavy atom. The van der Waals surface area contributed by atoms with Gasteiger partial charge in [0.05, 0.1) is 4.92 Å². The van der Waals surface area contributed by atoms with Crippen LogP contribution in [0.2, 0.25) is 0 Å². The fraction of sp³-hybridized carbons (Fsp3) is 0.417. The molecule has 0 aromatic heterocycles. The summed E-state index contributed by atoms with van der Waals surface area (Å²) in [6, 6.07) is 5.36. The number of non-ortho nitro benzene ring substituents is 1. The van der Waals surface area contributed by atoms with E-state index in [-0.39, 0.29) is 11.7 Å². The summed E-state index contributed by atoms with van der Waals surface area (Å²) in [6.07, 6.45) is 2.24. The molecule has 0 bridgehead atoms. The number of rotatable bonds is 5. The molecule has 0 spiro atoms. The number of urea groups is 1. The number of carbonyl (C=O) groups excluding carboxylic acids is 1. The number of hydrogen-bond donors (Lipinski definition) is 3. The van der Waals surface area contributed by atoms with E-state index in [1.165, 1.54) is 18.2 Å². The molecule has 1 aliphatic rings. The summed E-state index contributed by atoms with van der Waals surface area (Å²) in [5.74, 6) is 0.512. The summed E-state index contributed by atoms with van der Waals surface area (Å²) in [5, 5.41) is 15.8. The lowest BCUT2D eigenvalue weighted by atomic mass is 10.2. The van der Waals surface area contributed by atoms with Gasteiger partial charge in [0.1, 0.15) is 0 Å². The molecular formula is C12H16N4O3. The number of benzene rings is 1. The third kappa shape index (κ3) is 3.92. The number of nitro benzene ring substituents is 1. The van der Waals surface area contributed by atoms with Crippen molar-refractivity contribution in [3.05, 3.63) is 34.4 Å². The minimum absolute atomic E-state index is 0.0177. The molecule has 19 heavy (non-hydrogen) atoms. The average molecular weight is 264 g/mol. The van der Waals surface area contributed by atoms with Gasteiger partial charge in [0.2, 0.25) is 0 Å². The van der Waals surface area contributed by atoms with Crippen LogP contribution in [0.3, 0.4) is 0 Å². The molecule has 1 atom stereocenters. The minimum atomic E-state index is -0.508. The van der Waals surface area contributed by atoms with E-state index in [4.69, 9.17) is 5.73 Å². The second kappa shape index (κ2) is 5.66. The first-order chi connectivity index (χ1) is 9.06. The molecule has 4 N–H and O–H groups in total. The van der Waals surface area contributed by atoms with Crippen molar-refractivity contribution in [1.82, 2.24) is 5.32 Å². The quantitative estimate of drug-likeness (QED) is 0.552. The predicted octanol–water partition coefficient (Wildman–Crippen LogP) is 1.45. The molecule has 102 valence electrons. The Bertz CT molecular complexity index is 488. The zero-order chi connectivity index (χ0) is 13.8. The van der Waals surface area contributed by atoms with Crippen LogP contribution in [-0.2, 0) is 0 Å². The van der Waals surface area contributed by atoms with E-state index in [1.54, 1.807) is 6.07 Å². The maximum Gasteiger partial charge on any atom is 0.319 e. The highest BCUT2D eigenvalue weighted by Gasteiger charge is 2.28. The summed E-state index contributed by atoms with van der Waals surface area (Å²) in [6.45, 7) is 0.408. The molecule has 7 heteroatoms. The Balaban J connectivity index is 1.84. The molecule has 2 rings (SSSR count). The molecule has 1 aliphatic carbocycles. The van der Waals surface area contributed by atoms with E-state index in [0.717, 1.165) is 12.8 Å². The van der Waals surface area contributed by atoms with E-state index < -0.39 is 11.0 Å². The van der Waals surface area contributed by atoms with Gasteiger partial charge in [0.15, 0.2) is 0 Å². The summed E-state index contributed by atoms with van der Waals surface area (Å²) >= 11 is 0. The van der Waals surface area contributed by atoms with Crippen molar-refractivity contribution in [3.63, 3.8) is 0 Å². The van der Waals surface area contributed by atoms with E-state index in [2.05, 4.69) is 10.6 Å². The molecule has 1 fully saturated rings. The molecule has 1 aromatic carbocycles. The Labute approximate surface area is 110 Å². The third-order valence-corrected chi connectivity index (χ3v) is 3.04. The number of nitrogens with one attached hydrogen (secondary N) is 2. The van der Waals surface area contributed by atoms with Crippen molar-refractivity contribution in [2.75, 3.05) is 11.9 Å². The summed E-state index contributed by atoms with van der Waals surface area (Å²) in [7, 11) is 0. The molecule has 1 aromatic rings. The average Bonchev–Trinajstić information content (AvgIpc) is 3.20. The van der Waals surface area contributed by atoms with Gasteiger partial charge in [-0.25, -0.2) is 4.79 Å². The largest absolute Gasteiger partial charge is 0.336 e. The van der Waals surface area contributed by atoms with Crippen molar-refractivity contribution >= 4 is 17.4 Å². The zero-order valence-corrected chi connectivity index (χ0v) is 10.3. The van der Waals surface area contributed by atoms with Crippen LogP contribution in [0.1, 0.15) is 12.8 Å². The molecule has 0 heterocycles. The second-order valence-electron chi connectivity index (χ2n) is 4.64. The zero-order valence-electron chi connectivity index (χ0n) is 10.3. The van der Waals surface area contributed by atoms with Gasteiger partial charge in [-0.05, 0) is 24.8 Å². The van der Waals surface area contributed by atoms with Crippen LogP contribution >= 0.6 is 0 Å². The van der Waals surface area contributed by atoms with Crippen LogP contribution in [0, 0.1) is 16.0 Å². The predicted molar refractivity (Wildman–Crippen MR) is 70.8 cm³/mol. The number of carbonyl (C=O) groups is 1. The maximum atomic E-state index is 11.6. The lowest BCUT2D eigenvalue weighted by Gasteiger charge is -2.12. The lowest BCUT2D eigenvalue weighted by Crippen LogP contribution is -2.40. The molecule has 2 amide bonds. The van der Waals surface area contributed by atoms with Gasteiger partial charge >= 0.3 is 6.03 Å². The fourth-order valence-corrected chi connectivity index (χ4v) is 1.77. The molecular weight excluding hydrogens is 248 g/mol. The Hall–Kier alpha value is -2.15. The van der Waals surface area contributed by atoms with Gasteiger partial charge in [-0.1, -0.05) is 6.07 Å². The SMILES string of the molecule is NC(CNC(=O)Nc1cccc([N+](=O)[O-])c1)C1CC1. The van der Waals surface area contributed by atoms with E-state index in [1.807, 2.05) is 0 Å². The summed E-state index contributed by atoms with van der Waals surface area (Å²) in [5.41, 5.74) is 6.17. The van der Waals surface area contributed by atoms with E-state index in [9.17, 15) is 14.9 Å².